The maximum absolute atomic E-state index is 13.0. The van der Waals surface area contributed by atoms with E-state index in [0.717, 1.165) is 31.5 Å². The molecule has 1 fully saturated rings. The fraction of sp³-hybridized carbons (Fsp3) is 0.364. The largest absolute Gasteiger partial charge is 0.508 e. The highest BCUT2D eigenvalue weighted by Crippen LogP contribution is 2.39. The Morgan fingerprint density at radius 3 is 2.40 bits per heavy atom. The Kier molecular flexibility index (Phi) is 6.46. The van der Waals surface area contributed by atoms with Crippen LogP contribution in [0.15, 0.2) is 47.6 Å². The zero-order valence-corrected chi connectivity index (χ0v) is 18.0. The van der Waals surface area contributed by atoms with Crippen molar-refractivity contribution in [2.75, 3.05) is 18.1 Å². The number of carbonyl (C=O) groups is 1. The lowest BCUT2D eigenvalue weighted by molar-refractivity contribution is -0.119. The second-order valence-electron chi connectivity index (χ2n) is 7.64. The first-order valence-electron chi connectivity index (χ1n) is 10.2. The van der Waals surface area contributed by atoms with E-state index in [9.17, 15) is 9.90 Å². The van der Waals surface area contributed by atoms with Crippen LogP contribution in [0.1, 0.15) is 43.7 Å². The standard InChI is InChI=1S/C22H24Cl2N4O2/c23-16-7-10-20(18(24)13-16)28-21(15-5-8-17(29)9-6-15)14-19(25-28)22(30)26-27-11-3-1-2-4-12-27/h5-10,13,21,29H,1-4,11-12,14H2,(H,26,30)/t21-/m1/s1. The number of anilines is 1. The van der Waals surface area contributed by atoms with Gasteiger partial charge >= 0.3 is 0 Å². The predicted octanol–water partition coefficient (Wildman–Crippen LogP) is 4.91. The number of carbonyl (C=O) groups excluding carboxylic acids is 1. The van der Waals surface area contributed by atoms with E-state index in [2.05, 4.69) is 10.5 Å². The van der Waals surface area contributed by atoms with E-state index in [4.69, 9.17) is 23.2 Å². The molecule has 2 aliphatic rings. The maximum atomic E-state index is 13.0. The SMILES string of the molecule is O=C(NN1CCCCCC1)C1=NN(c2ccc(Cl)cc2Cl)[C@@H](c2ccc(O)cc2)C1. The maximum Gasteiger partial charge on any atom is 0.281 e. The summed E-state index contributed by atoms with van der Waals surface area (Å²) in [5, 5.41) is 19.0. The van der Waals surface area contributed by atoms with E-state index in [1.807, 2.05) is 17.1 Å². The monoisotopic (exact) mass is 446 g/mol. The van der Waals surface area contributed by atoms with Crippen molar-refractivity contribution in [3.05, 3.63) is 58.1 Å². The van der Waals surface area contributed by atoms with Crippen LogP contribution in [0.5, 0.6) is 5.75 Å². The van der Waals surface area contributed by atoms with Crippen LogP contribution in [0.2, 0.25) is 10.0 Å². The first-order valence-corrected chi connectivity index (χ1v) is 10.9. The summed E-state index contributed by atoms with van der Waals surface area (Å²) in [6, 6.07) is 11.9. The summed E-state index contributed by atoms with van der Waals surface area (Å²) in [7, 11) is 0. The number of amides is 1. The molecule has 0 unspecified atom stereocenters. The molecule has 2 aliphatic heterocycles. The summed E-state index contributed by atoms with van der Waals surface area (Å²) in [5.74, 6) is 0.00105. The number of nitrogens with one attached hydrogen (secondary N) is 1. The number of hydrogen-bond donors (Lipinski definition) is 2. The molecule has 0 radical (unpaired) electrons. The molecule has 1 saturated heterocycles. The first-order chi connectivity index (χ1) is 14.5. The zero-order chi connectivity index (χ0) is 21.1. The Labute approximate surface area is 186 Å². The van der Waals surface area contributed by atoms with Gasteiger partial charge in [0.1, 0.15) is 11.5 Å². The lowest BCUT2D eigenvalue weighted by Gasteiger charge is -2.25. The number of nitrogens with zero attached hydrogens (tertiary/aromatic N) is 3. The number of rotatable bonds is 4. The zero-order valence-electron chi connectivity index (χ0n) is 16.5. The van der Waals surface area contributed by atoms with E-state index in [1.165, 1.54) is 12.8 Å². The molecule has 2 heterocycles. The minimum atomic E-state index is -0.214. The minimum absolute atomic E-state index is 0.187. The molecular formula is C22H24Cl2N4O2. The summed E-state index contributed by atoms with van der Waals surface area (Å²) in [6.45, 7) is 1.71. The van der Waals surface area contributed by atoms with Gasteiger partial charge in [-0.15, -0.1) is 0 Å². The van der Waals surface area contributed by atoms with Crippen LogP contribution in [0.4, 0.5) is 5.69 Å². The molecule has 6 nitrogen and oxygen atoms in total. The van der Waals surface area contributed by atoms with Crippen molar-refractivity contribution in [2.45, 2.75) is 38.1 Å². The molecule has 0 aliphatic carbocycles. The Bertz CT molecular complexity index is 941. The summed E-state index contributed by atoms with van der Waals surface area (Å²) in [5.41, 5.74) is 5.08. The molecule has 1 amide bonds. The molecule has 0 bridgehead atoms. The van der Waals surface area contributed by atoms with Gasteiger partial charge in [0.15, 0.2) is 0 Å². The number of hydrazone groups is 1. The van der Waals surface area contributed by atoms with E-state index < -0.39 is 0 Å². The third kappa shape index (κ3) is 4.72. The number of hydrazine groups is 1. The van der Waals surface area contributed by atoms with Crippen molar-refractivity contribution in [3.63, 3.8) is 0 Å². The predicted molar refractivity (Wildman–Crippen MR) is 120 cm³/mol. The van der Waals surface area contributed by atoms with Gasteiger partial charge in [0.25, 0.3) is 5.91 Å². The fourth-order valence-corrected chi connectivity index (χ4v) is 4.38. The van der Waals surface area contributed by atoms with Gasteiger partial charge in [-0.05, 0) is 48.7 Å². The van der Waals surface area contributed by atoms with Crippen LogP contribution in [0, 0.1) is 0 Å². The first kappa shape index (κ1) is 21.0. The molecule has 2 aromatic carbocycles. The molecule has 0 saturated carbocycles. The highest BCUT2D eigenvalue weighted by Gasteiger charge is 2.34. The summed E-state index contributed by atoms with van der Waals surface area (Å²) in [4.78, 5) is 13.0. The molecule has 2 aromatic rings. The molecule has 30 heavy (non-hydrogen) atoms. The van der Waals surface area contributed by atoms with Crippen molar-refractivity contribution in [3.8, 4) is 5.75 Å². The average Bonchev–Trinajstić information content (AvgIpc) is 3.00. The van der Waals surface area contributed by atoms with Gasteiger partial charge in [0, 0.05) is 24.5 Å². The topological polar surface area (TPSA) is 68.2 Å². The van der Waals surface area contributed by atoms with Gasteiger partial charge in [-0.1, -0.05) is 48.2 Å². The van der Waals surface area contributed by atoms with Crippen molar-refractivity contribution < 1.29 is 9.90 Å². The number of phenolic OH excluding ortho intramolecular Hbond substituents is 1. The average molecular weight is 447 g/mol. The highest BCUT2D eigenvalue weighted by atomic mass is 35.5. The normalized spacial score (nSPS) is 20.0. The lowest BCUT2D eigenvalue weighted by atomic mass is 10.0. The Hall–Kier alpha value is -2.28. The second-order valence-corrected chi connectivity index (χ2v) is 8.48. The van der Waals surface area contributed by atoms with Crippen LogP contribution >= 0.6 is 23.2 Å². The van der Waals surface area contributed by atoms with Gasteiger partial charge in [-0.25, -0.2) is 5.01 Å². The highest BCUT2D eigenvalue weighted by molar-refractivity contribution is 6.40. The van der Waals surface area contributed by atoms with Crippen LogP contribution in [-0.4, -0.2) is 34.8 Å². The molecule has 4 rings (SSSR count). The van der Waals surface area contributed by atoms with Crippen LogP contribution in [0.3, 0.4) is 0 Å². The number of halogens is 2. The van der Waals surface area contributed by atoms with Gasteiger partial charge in [0.05, 0.1) is 16.8 Å². The van der Waals surface area contributed by atoms with Crippen molar-refractivity contribution in [2.24, 2.45) is 5.10 Å². The minimum Gasteiger partial charge on any atom is -0.508 e. The Morgan fingerprint density at radius 1 is 1.03 bits per heavy atom. The van der Waals surface area contributed by atoms with Gasteiger partial charge in [-0.2, -0.15) is 5.10 Å². The molecule has 1 atom stereocenters. The van der Waals surface area contributed by atoms with Crippen molar-refractivity contribution >= 4 is 40.5 Å². The van der Waals surface area contributed by atoms with Crippen molar-refractivity contribution in [1.29, 1.82) is 0 Å². The van der Waals surface area contributed by atoms with E-state index in [1.54, 1.807) is 35.3 Å². The molecule has 8 heteroatoms. The third-order valence-electron chi connectivity index (χ3n) is 5.47. The Morgan fingerprint density at radius 2 is 1.73 bits per heavy atom. The van der Waals surface area contributed by atoms with Gasteiger partial charge < -0.3 is 5.11 Å². The van der Waals surface area contributed by atoms with Gasteiger partial charge in [-0.3, -0.25) is 15.2 Å². The van der Waals surface area contributed by atoms with E-state index in [-0.39, 0.29) is 17.7 Å². The molecular weight excluding hydrogens is 423 g/mol. The molecule has 0 aromatic heterocycles. The number of aromatic hydroxyl groups is 1. The van der Waals surface area contributed by atoms with Crippen LogP contribution < -0.4 is 10.4 Å². The van der Waals surface area contributed by atoms with Crippen LogP contribution in [-0.2, 0) is 4.79 Å². The smallest absolute Gasteiger partial charge is 0.281 e. The quantitative estimate of drug-likeness (QED) is 0.699. The molecule has 2 N–H and O–H groups in total. The second kappa shape index (κ2) is 9.25. The number of benzene rings is 2. The molecule has 158 valence electrons. The van der Waals surface area contributed by atoms with E-state index in [0.29, 0.717) is 27.9 Å². The van der Waals surface area contributed by atoms with Crippen molar-refractivity contribution in [1.82, 2.24) is 10.4 Å². The summed E-state index contributed by atoms with van der Waals surface area (Å²) >= 11 is 12.5. The summed E-state index contributed by atoms with van der Waals surface area (Å²) in [6.07, 6.45) is 4.98. The molecule has 0 spiro atoms. The number of hydrogen-bond acceptors (Lipinski definition) is 5. The fourth-order valence-electron chi connectivity index (χ4n) is 3.88. The van der Waals surface area contributed by atoms with Gasteiger partial charge in [0.2, 0.25) is 0 Å². The number of phenols is 1. The summed E-state index contributed by atoms with van der Waals surface area (Å²) < 4.78 is 0. The van der Waals surface area contributed by atoms with Crippen LogP contribution in [0.25, 0.3) is 0 Å². The third-order valence-corrected chi connectivity index (χ3v) is 6.01. The van der Waals surface area contributed by atoms with E-state index >= 15 is 0 Å². The Balaban J connectivity index is 1.61. The lowest BCUT2D eigenvalue weighted by Crippen LogP contribution is -2.45.